The fourth-order valence-electron chi connectivity index (χ4n) is 3.53. The van der Waals surface area contributed by atoms with Crippen molar-refractivity contribution in [3.63, 3.8) is 0 Å². The van der Waals surface area contributed by atoms with Crippen molar-refractivity contribution in [1.29, 1.82) is 0 Å². The average Bonchev–Trinajstić information content (AvgIpc) is 3.33. The second-order valence-corrected chi connectivity index (χ2v) is 7.22. The number of likely N-dealkylation sites (tertiary alicyclic amines) is 1. The molecule has 0 aliphatic carbocycles. The summed E-state index contributed by atoms with van der Waals surface area (Å²) in [7, 11) is 0. The van der Waals surface area contributed by atoms with Gasteiger partial charge in [-0.25, -0.2) is 0 Å². The minimum atomic E-state index is -0.112. The Kier molecular flexibility index (Phi) is 4.37. The number of hydrogen-bond acceptors (Lipinski definition) is 6. The van der Waals surface area contributed by atoms with Crippen LogP contribution in [0.25, 0.3) is 0 Å². The summed E-state index contributed by atoms with van der Waals surface area (Å²) in [6, 6.07) is 2.08. The third-order valence-electron chi connectivity index (χ3n) is 4.78. The molecule has 2 aliphatic rings. The van der Waals surface area contributed by atoms with Crippen LogP contribution in [0.3, 0.4) is 0 Å². The third-order valence-corrected chi connectivity index (χ3v) is 5.83. The van der Waals surface area contributed by atoms with Gasteiger partial charge in [-0.15, -0.1) is 11.3 Å². The molecule has 0 bridgehead atoms. The molecule has 0 N–H and O–H groups in total. The molecule has 1 fully saturated rings. The van der Waals surface area contributed by atoms with Crippen molar-refractivity contribution in [2.24, 2.45) is 0 Å². The normalized spacial score (nSPS) is 23.5. The molecule has 1 saturated heterocycles. The molecule has 0 aromatic carbocycles. The second kappa shape index (κ2) is 6.64. The lowest BCUT2D eigenvalue weighted by Gasteiger charge is -2.27. The molecule has 0 saturated carbocycles. The van der Waals surface area contributed by atoms with Gasteiger partial charge in [0, 0.05) is 17.8 Å². The van der Waals surface area contributed by atoms with Crippen LogP contribution >= 0.6 is 11.3 Å². The lowest BCUT2D eigenvalue weighted by Crippen LogP contribution is -2.33. The Labute approximate surface area is 144 Å². The van der Waals surface area contributed by atoms with Crippen LogP contribution in [0, 0.1) is 0 Å². The van der Waals surface area contributed by atoms with E-state index in [2.05, 4.69) is 21.6 Å². The van der Waals surface area contributed by atoms with Gasteiger partial charge in [-0.05, 0) is 36.3 Å². The SMILES string of the molecule is CCc1nc([C@@H]2CCCN2C(=O)C[C@H]2OCCc3ccsc32)no1. The summed E-state index contributed by atoms with van der Waals surface area (Å²) in [5, 5.41) is 6.15. The first-order valence-corrected chi connectivity index (χ1v) is 9.44. The van der Waals surface area contributed by atoms with Crippen LogP contribution in [0.5, 0.6) is 0 Å². The van der Waals surface area contributed by atoms with Crippen LogP contribution in [0.2, 0.25) is 0 Å². The number of hydrogen-bond donors (Lipinski definition) is 0. The van der Waals surface area contributed by atoms with Crippen LogP contribution in [-0.4, -0.2) is 34.1 Å². The molecular formula is C17H21N3O3S. The van der Waals surface area contributed by atoms with Gasteiger partial charge in [0.2, 0.25) is 11.8 Å². The van der Waals surface area contributed by atoms with E-state index in [1.54, 1.807) is 11.3 Å². The zero-order chi connectivity index (χ0) is 16.5. The van der Waals surface area contributed by atoms with Crippen molar-refractivity contribution in [2.45, 2.75) is 51.2 Å². The summed E-state index contributed by atoms with van der Waals surface area (Å²) in [5.74, 6) is 1.38. The fraction of sp³-hybridized carbons (Fsp3) is 0.588. The van der Waals surface area contributed by atoms with Crippen LogP contribution < -0.4 is 0 Å². The van der Waals surface area contributed by atoms with E-state index in [0.29, 0.717) is 31.2 Å². The minimum absolute atomic E-state index is 0.0621. The fourth-order valence-corrected chi connectivity index (χ4v) is 4.53. The molecule has 0 radical (unpaired) electrons. The number of nitrogens with zero attached hydrogens (tertiary/aromatic N) is 3. The lowest BCUT2D eigenvalue weighted by atomic mass is 10.0. The van der Waals surface area contributed by atoms with E-state index in [1.165, 1.54) is 10.4 Å². The van der Waals surface area contributed by atoms with Gasteiger partial charge in [0.15, 0.2) is 5.82 Å². The van der Waals surface area contributed by atoms with E-state index in [9.17, 15) is 4.79 Å². The standard InChI is InChI=1S/C17H21N3O3S/c1-2-14-18-17(19-23-14)12-4-3-7-20(12)15(21)10-13-16-11(5-8-22-13)6-9-24-16/h6,9,12-13H,2-5,7-8,10H2,1H3/t12-,13+/m0/s1. The van der Waals surface area contributed by atoms with Gasteiger partial charge in [0.05, 0.1) is 19.1 Å². The lowest BCUT2D eigenvalue weighted by molar-refractivity contribution is -0.135. The number of thiophene rings is 1. The summed E-state index contributed by atoms with van der Waals surface area (Å²) in [6.07, 6.45) is 3.80. The van der Waals surface area contributed by atoms with Gasteiger partial charge in [-0.2, -0.15) is 4.98 Å². The summed E-state index contributed by atoms with van der Waals surface area (Å²) < 4.78 is 11.1. The number of carbonyl (C=O) groups excluding carboxylic acids is 1. The molecule has 2 aromatic rings. The Morgan fingerprint density at radius 1 is 1.50 bits per heavy atom. The highest BCUT2D eigenvalue weighted by Crippen LogP contribution is 2.37. The highest BCUT2D eigenvalue weighted by molar-refractivity contribution is 7.10. The Hall–Kier alpha value is -1.73. The van der Waals surface area contributed by atoms with Crippen LogP contribution in [0.1, 0.15) is 60.5 Å². The molecule has 1 amide bonds. The van der Waals surface area contributed by atoms with Crippen LogP contribution in [-0.2, 0) is 22.4 Å². The number of ether oxygens (including phenoxy) is 1. The summed E-state index contributed by atoms with van der Waals surface area (Å²) >= 11 is 1.69. The maximum Gasteiger partial charge on any atom is 0.226 e. The Morgan fingerprint density at radius 2 is 2.42 bits per heavy atom. The van der Waals surface area contributed by atoms with Crippen LogP contribution in [0.4, 0.5) is 0 Å². The first-order valence-electron chi connectivity index (χ1n) is 8.56. The number of carbonyl (C=O) groups is 1. The summed E-state index contributed by atoms with van der Waals surface area (Å²) in [6.45, 7) is 3.42. The van der Waals surface area contributed by atoms with Crippen molar-refractivity contribution < 1.29 is 14.1 Å². The van der Waals surface area contributed by atoms with E-state index < -0.39 is 0 Å². The number of aryl methyl sites for hydroxylation is 1. The van der Waals surface area contributed by atoms with Gasteiger partial charge < -0.3 is 14.2 Å². The summed E-state index contributed by atoms with van der Waals surface area (Å²) in [5.41, 5.74) is 1.33. The Balaban J connectivity index is 1.48. The van der Waals surface area contributed by atoms with E-state index in [0.717, 1.165) is 25.8 Å². The van der Waals surface area contributed by atoms with Crippen molar-refractivity contribution in [1.82, 2.24) is 15.0 Å². The highest BCUT2D eigenvalue weighted by Gasteiger charge is 2.35. The van der Waals surface area contributed by atoms with E-state index in [1.807, 2.05) is 11.8 Å². The number of amides is 1. The zero-order valence-corrected chi connectivity index (χ0v) is 14.6. The largest absolute Gasteiger partial charge is 0.372 e. The summed E-state index contributed by atoms with van der Waals surface area (Å²) in [4.78, 5) is 20.4. The van der Waals surface area contributed by atoms with Crippen molar-refractivity contribution in [3.05, 3.63) is 33.6 Å². The highest BCUT2D eigenvalue weighted by atomic mass is 32.1. The first kappa shape index (κ1) is 15.8. The van der Waals surface area contributed by atoms with Gasteiger partial charge >= 0.3 is 0 Å². The molecule has 4 rings (SSSR count). The molecule has 2 atom stereocenters. The number of fused-ring (bicyclic) bond motifs is 1. The van der Waals surface area contributed by atoms with E-state index in [-0.39, 0.29) is 18.1 Å². The van der Waals surface area contributed by atoms with Gasteiger partial charge in [-0.1, -0.05) is 12.1 Å². The predicted molar refractivity (Wildman–Crippen MR) is 88.7 cm³/mol. The van der Waals surface area contributed by atoms with E-state index >= 15 is 0 Å². The van der Waals surface area contributed by atoms with Crippen LogP contribution in [0.15, 0.2) is 16.0 Å². The van der Waals surface area contributed by atoms with Crippen molar-refractivity contribution >= 4 is 17.2 Å². The second-order valence-electron chi connectivity index (χ2n) is 6.27. The molecule has 2 aromatic heterocycles. The average molecular weight is 347 g/mol. The molecular weight excluding hydrogens is 326 g/mol. The predicted octanol–water partition coefficient (Wildman–Crippen LogP) is 3.06. The van der Waals surface area contributed by atoms with Gasteiger partial charge in [0.1, 0.15) is 6.10 Å². The smallest absolute Gasteiger partial charge is 0.226 e. The molecule has 2 aliphatic heterocycles. The molecule has 4 heterocycles. The quantitative estimate of drug-likeness (QED) is 0.850. The molecule has 24 heavy (non-hydrogen) atoms. The van der Waals surface area contributed by atoms with E-state index in [4.69, 9.17) is 9.26 Å². The topological polar surface area (TPSA) is 68.5 Å². The molecule has 6 nitrogen and oxygen atoms in total. The first-order chi connectivity index (χ1) is 11.8. The van der Waals surface area contributed by atoms with Gasteiger partial charge in [0.25, 0.3) is 0 Å². The number of aromatic nitrogens is 2. The third kappa shape index (κ3) is 2.86. The molecule has 0 unspecified atom stereocenters. The maximum atomic E-state index is 12.9. The molecule has 128 valence electrons. The Morgan fingerprint density at radius 3 is 3.25 bits per heavy atom. The number of rotatable bonds is 4. The van der Waals surface area contributed by atoms with Crippen molar-refractivity contribution in [3.8, 4) is 0 Å². The molecule has 0 spiro atoms. The van der Waals surface area contributed by atoms with Gasteiger partial charge in [-0.3, -0.25) is 4.79 Å². The van der Waals surface area contributed by atoms with Crippen molar-refractivity contribution in [2.75, 3.05) is 13.2 Å². The molecule has 7 heteroatoms. The zero-order valence-electron chi connectivity index (χ0n) is 13.7. The minimum Gasteiger partial charge on any atom is -0.372 e. The maximum absolute atomic E-state index is 12.9. The Bertz CT molecular complexity index is 726. The monoisotopic (exact) mass is 347 g/mol.